The molecule has 0 aliphatic carbocycles. The van der Waals surface area contributed by atoms with Crippen molar-refractivity contribution < 1.29 is 134 Å². The highest BCUT2D eigenvalue weighted by Gasteiger charge is 2.46. The Labute approximate surface area is 829 Å². The van der Waals surface area contributed by atoms with E-state index >= 15 is 4.21 Å². The van der Waals surface area contributed by atoms with E-state index in [1.54, 1.807) is 92.6 Å². The molecule has 14 amide bonds. The lowest BCUT2D eigenvalue weighted by Crippen LogP contribution is -2.62. The molecule has 1 unspecified atom stereocenters. The summed E-state index contributed by atoms with van der Waals surface area (Å²) >= 11 is 4.63. The summed E-state index contributed by atoms with van der Waals surface area (Å²) in [5.41, 5.74) is 20.4. The Bertz CT molecular complexity index is 4580. The van der Waals surface area contributed by atoms with Crippen LogP contribution >= 0.6 is 35.3 Å². The van der Waals surface area contributed by atoms with Crippen LogP contribution in [-0.2, 0) is 130 Å². The normalized spacial score (nSPS) is 20.0. The lowest BCUT2D eigenvalue weighted by molar-refractivity contribution is -0.144. The molecule has 0 saturated carbocycles. The standard InChI is InChI=1S/C54H83N9O19S2.C35H58N10O9S2/c1-6-30(3)35-20-32(65)24-56-49(71)38-22-36-34-8-9-43(77-5)37(28-83-19-18-82-17-16-81-15-14-80-13-12-79-11-10-78-7-2)47(34)62-53(36)84(76)29-40(58-45(69)25-57-48(35)70)50(72)60-39(23-44(55)68)54(75)63-26-33(66)21-41(63)51(73)61-46(52(74)59-38)31(4)42(67)27-64;1-6-51-16-17-52-15-14-45-19-27(42-44-45)18-38-35(50)53-20-25-9-11-26(12-10-25)39-32(47)29(8-7-13-37-34(36)49)40-33(48)31(24(2)3)41-30(46)21-54-43-28(22-55-4)23-56-5/h8-9,30-31,33,35,38-42,46,62,64,66-67H,6-7,10-29H2,1-5H3,(H2,55,68)(H,56,71)(H,57,70)(H,58,69)(H,59,74)(H,60,72)(H,61,73);9-12,19,24,29,31,42,44H,6-8,13-18,20-23H2,1-5H3,(H,38,50)(H,39,47)(H,40,48)(H,41,46)(H3,36,37,49)/t30-,31-,33+,35-,38-,39-,40+,41-,42-,46-,84?;29-,31-/m00/s1. The van der Waals surface area contributed by atoms with Gasteiger partial charge in [0.15, 0.2) is 12.4 Å². The van der Waals surface area contributed by atoms with Crippen LogP contribution < -0.4 is 85.6 Å². The van der Waals surface area contributed by atoms with Gasteiger partial charge in [-0.1, -0.05) is 58.3 Å². The maximum absolute atomic E-state index is 15.3. The number of aliphatic hydroxyl groups excluding tert-OH is 3. The molecular formula is C89H141N19O28S4. The first-order valence-electron chi connectivity index (χ1n) is 46.3. The SMILES string of the molecule is CCOCCOCCN1C=C(CNC(=O)OCc2ccc(NC(=O)[C@H](CCCNC(N)=O)NC(=O)[C@@H](NC(=O)CON=C(CSC)CSC)C(C)C)cc2)NN1.CCOCCOCCOCCOCCOCCSCc1c(OC)ccc2c3c([nH]c12)S(=O)C[C@H]1NC(=O)CNC(=O)[C@H]([C@@H](C)CC)CC(=O)CNC(=O)[C@H](C3)NC(=O)[C@H]([C@@H](C)[C@@H](O)CO)NC(=O)[C@@H]2C[C@@H](O)CN2C(=O)[C@H](CC(N)=O)NC1=O. The monoisotopic (exact) mass is 2050 g/mol. The lowest BCUT2D eigenvalue weighted by Gasteiger charge is -2.32. The maximum Gasteiger partial charge on any atom is 0.407 e. The third-order valence-electron chi connectivity index (χ3n) is 22.3. The summed E-state index contributed by atoms with van der Waals surface area (Å²) in [6.07, 6.45) is 0.797. The number of carbonyl (C=O) groups is 14. The highest BCUT2D eigenvalue weighted by Crippen LogP contribution is 2.37. The van der Waals surface area contributed by atoms with Gasteiger partial charge in [-0.2, -0.15) is 35.3 Å². The number of urea groups is 1. The average molecular weight is 2050 g/mol. The van der Waals surface area contributed by atoms with E-state index in [2.05, 4.69) is 79.6 Å². The van der Waals surface area contributed by atoms with Gasteiger partial charge >= 0.3 is 12.1 Å². The maximum atomic E-state index is 15.3. The molecule has 2 bridgehead atoms. The number of fused-ring (bicyclic) bond motifs is 5. The lowest BCUT2D eigenvalue weighted by atomic mass is 9.86. The van der Waals surface area contributed by atoms with Crippen molar-refractivity contribution >= 4 is 151 Å². The minimum absolute atomic E-state index is 0.0159. The molecule has 7 rings (SSSR count). The molecule has 1 aromatic heterocycles. The molecule has 0 spiro atoms. The zero-order chi connectivity index (χ0) is 103. The van der Waals surface area contributed by atoms with Crippen LogP contribution in [0.5, 0.6) is 5.75 Å². The molecular weight excluding hydrogens is 1910 g/mol. The minimum Gasteiger partial charge on any atom is -0.496 e. The summed E-state index contributed by atoms with van der Waals surface area (Å²) in [4.78, 5) is 199. The predicted octanol–water partition coefficient (Wildman–Crippen LogP) is -1.95. The number of ketones is 1. The van der Waals surface area contributed by atoms with Gasteiger partial charge in [-0.15, -0.1) is 5.53 Å². The van der Waals surface area contributed by atoms with E-state index in [9.17, 15) is 82.4 Å². The van der Waals surface area contributed by atoms with Gasteiger partial charge in [0.25, 0.3) is 5.91 Å². The summed E-state index contributed by atoms with van der Waals surface area (Å²) in [5.74, 6) is -11.7. The zero-order valence-corrected chi connectivity index (χ0v) is 84.2. The number of nitrogens with two attached hydrogens (primary N) is 2. The van der Waals surface area contributed by atoms with Crippen LogP contribution in [0.4, 0.5) is 15.3 Å². The summed E-state index contributed by atoms with van der Waals surface area (Å²) in [6.45, 7) is 16.4. The number of carbonyl (C=O) groups excluding carboxylic acids is 14. The van der Waals surface area contributed by atoms with Crippen LogP contribution in [0.2, 0.25) is 0 Å². The molecule has 1 fully saturated rings. The van der Waals surface area contributed by atoms with Gasteiger partial charge in [0.05, 0.1) is 171 Å². The van der Waals surface area contributed by atoms with Crippen LogP contribution in [0.1, 0.15) is 104 Å². The van der Waals surface area contributed by atoms with Gasteiger partial charge in [-0.25, -0.2) is 9.59 Å². The molecule has 1 saturated heterocycles. The van der Waals surface area contributed by atoms with Gasteiger partial charge in [0, 0.05) is 103 Å². The number of benzene rings is 2. The summed E-state index contributed by atoms with van der Waals surface area (Å²) in [5, 5.41) is 66.5. The fourth-order valence-corrected chi connectivity index (χ4v) is 17.9. The summed E-state index contributed by atoms with van der Waals surface area (Å²) in [7, 11) is -0.970. The van der Waals surface area contributed by atoms with Gasteiger partial charge in [-0.3, -0.25) is 66.8 Å². The first-order chi connectivity index (χ1) is 67.2. The van der Waals surface area contributed by atoms with E-state index in [0.29, 0.717) is 163 Å². The number of anilines is 1. The second-order valence-electron chi connectivity index (χ2n) is 33.2. The van der Waals surface area contributed by atoms with Gasteiger partial charge < -0.3 is 148 Å². The molecule has 2 aromatic carbocycles. The third-order valence-corrected chi connectivity index (χ3v) is 25.9. The van der Waals surface area contributed by atoms with Crippen LogP contribution in [-0.4, -0.2) is 365 Å². The van der Waals surface area contributed by atoms with E-state index < -0.39 is 224 Å². The summed E-state index contributed by atoms with van der Waals surface area (Å²) < 4.78 is 64.7. The molecule has 13 atom stereocenters. The number of alkyl carbamates (subject to hydrolysis) is 1. The number of hydrazine groups is 2. The second kappa shape index (κ2) is 65.0. The van der Waals surface area contributed by atoms with Crippen LogP contribution in [0, 0.1) is 23.7 Å². The Balaban J connectivity index is 0.000000466. The van der Waals surface area contributed by atoms with Crippen molar-refractivity contribution in [3.8, 4) is 5.75 Å². The number of H-pyrrole nitrogens is 1. The number of aliphatic hydroxyl groups is 3. The molecule has 51 heteroatoms. The number of ether oxygens (including phenoxy) is 9. The Morgan fingerprint density at radius 1 is 0.714 bits per heavy atom. The van der Waals surface area contributed by atoms with Crippen molar-refractivity contribution in [2.45, 2.75) is 165 Å². The number of primary amides is 2. The van der Waals surface area contributed by atoms with Crippen molar-refractivity contribution in [3.05, 3.63) is 65.0 Å². The van der Waals surface area contributed by atoms with Crippen LogP contribution in [0.3, 0.4) is 0 Å². The number of aromatic amines is 1. The molecule has 784 valence electrons. The molecule has 4 aliphatic rings. The predicted molar refractivity (Wildman–Crippen MR) is 522 cm³/mol. The van der Waals surface area contributed by atoms with Crippen molar-refractivity contribution in [3.63, 3.8) is 0 Å². The van der Waals surface area contributed by atoms with Crippen molar-refractivity contribution in [1.29, 1.82) is 0 Å². The van der Waals surface area contributed by atoms with Gasteiger partial charge in [-0.05, 0) is 86.4 Å². The van der Waals surface area contributed by atoms with Crippen LogP contribution in [0.15, 0.2) is 58.5 Å². The number of nitrogens with one attached hydrogen (secondary N) is 14. The zero-order valence-electron chi connectivity index (χ0n) is 81.0. The van der Waals surface area contributed by atoms with E-state index in [4.69, 9.17) is 58.9 Å². The van der Waals surface area contributed by atoms with Crippen molar-refractivity contribution in [2.75, 3.05) is 193 Å². The molecule has 4 aliphatic heterocycles. The second-order valence-corrected chi connectivity index (χ2v) is 37.5. The number of rotatable bonds is 54. The number of aromatic nitrogens is 1. The summed E-state index contributed by atoms with van der Waals surface area (Å²) in [6, 6.07) is -1.54. The number of oxime groups is 1. The molecule has 0 radical (unpaired) electrons. The van der Waals surface area contributed by atoms with E-state index in [0.717, 1.165) is 16.3 Å². The number of amides is 14. The first kappa shape index (κ1) is 118. The fraction of sp³-hybridized carbons (Fsp3) is 0.652. The third kappa shape index (κ3) is 41.7. The molecule has 5 heterocycles. The number of hydrogen-bond acceptors (Lipinski definition) is 35. The smallest absolute Gasteiger partial charge is 0.407 e. The van der Waals surface area contributed by atoms with E-state index in [-0.39, 0.29) is 55.0 Å². The minimum atomic E-state index is -2.42. The van der Waals surface area contributed by atoms with E-state index in [1.165, 1.54) is 25.8 Å². The van der Waals surface area contributed by atoms with Gasteiger partial charge in [0.2, 0.25) is 59.1 Å². The highest BCUT2D eigenvalue weighted by atomic mass is 32.2. The number of thioether (sulfide) groups is 3. The van der Waals surface area contributed by atoms with Crippen molar-refractivity contribution in [1.82, 2.24) is 79.0 Å². The quantitative estimate of drug-likeness (QED) is 0.0166. The van der Waals surface area contributed by atoms with E-state index in [1.807, 2.05) is 32.6 Å². The molecule has 3 aromatic rings. The highest BCUT2D eigenvalue weighted by molar-refractivity contribution is 8.00. The molecule has 140 heavy (non-hydrogen) atoms. The average Bonchev–Trinajstić information content (AvgIpc) is 1.61. The number of methoxy groups -OCH3 is 1. The Hall–Kier alpha value is -10.3. The van der Waals surface area contributed by atoms with Gasteiger partial charge in [0.1, 0.15) is 59.7 Å². The fourth-order valence-electron chi connectivity index (χ4n) is 14.6. The Morgan fingerprint density at radius 2 is 1.36 bits per heavy atom. The molecule has 47 nitrogen and oxygen atoms in total. The topological polar surface area (TPSA) is 652 Å². The number of Topliss-reactive ketones (excluding diaryl/α,β-unsaturated/α-hetero) is 1. The molecule has 21 N–H and O–H groups in total. The first-order valence-corrected chi connectivity index (χ1v) is 51.6. The Morgan fingerprint density at radius 3 is 1.97 bits per heavy atom. The number of hydrogen-bond donors (Lipinski definition) is 19. The van der Waals surface area contributed by atoms with Crippen molar-refractivity contribution in [2.24, 2.45) is 40.3 Å². The van der Waals surface area contributed by atoms with Crippen LogP contribution in [0.25, 0.3) is 10.9 Å². The Kier molecular flexibility index (Phi) is 55.0. The number of nitrogens with zero attached hydrogens (tertiary/aromatic N) is 3. The largest absolute Gasteiger partial charge is 0.496 e.